The fourth-order valence-electron chi connectivity index (χ4n) is 2.13. The molecule has 0 aliphatic heterocycles. The molecule has 0 spiro atoms. The zero-order valence-corrected chi connectivity index (χ0v) is 12.4. The van der Waals surface area contributed by atoms with Crippen LogP contribution in [-0.2, 0) is 13.6 Å². The Kier molecular flexibility index (Phi) is 3.10. The molecule has 0 radical (unpaired) electrons. The summed E-state index contributed by atoms with van der Waals surface area (Å²) in [6.07, 6.45) is 1.95. The van der Waals surface area contributed by atoms with Gasteiger partial charge in [0.2, 0.25) is 0 Å². The Labute approximate surface area is 119 Å². The molecule has 2 heterocycles. The van der Waals surface area contributed by atoms with E-state index in [1.54, 1.807) is 0 Å². The quantitative estimate of drug-likeness (QED) is 0.697. The van der Waals surface area contributed by atoms with Crippen LogP contribution in [0, 0.1) is 0 Å². The number of nitrogens with zero attached hydrogens (tertiary/aromatic N) is 5. The lowest BCUT2D eigenvalue weighted by Crippen LogP contribution is -2.02. The number of alkyl halides is 1. The van der Waals surface area contributed by atoms with Gasteiger partial charge in [0.05, 0.1) is 34.5 Å². The maximum Gasteiger partial charge on any atom is 0.0960 e. The van der Waals surface area contributed by atoms with Gasteiger partial charge in [-0.2, -0.15) is 5.10 Å². The van der Waals surface area contributed by atoms with Crippen molar-refractivity contribution in [3.05, 3.63) is 41.9 Å². The van der Waals surface area contributed by atoms with Crippen molar-refractivity contribution >= 4 is 26.8 Å². The van der Waals surface area contributed by atoms with Gasteiger partial charge in [0, 0.05) is 12.4 Å². The Morgan fingerprint density at radius 1 is 1.32 bits per heavy atom. The second-order valence-electron chi connectivity index (χ2n) is 4.54. The lowest BCUT2D eigenvalue weighted by atomic mass is 10.2. The number of halogens is 1. The summed E-state index contributed by atoms with van der Waals surface area (Å²) in [5.74, 6) is 0. The molecule has 1 aromatic carbocycles. The van der Waals surface area contributed by atoms with Gasteiger partial charge in [0.25, 0.3) is 0 Å². The standard InChI is InChI=1S/C13H14BrN5/c1-9(14)11-7-19(17-15-11)8-12-10-5-3-4-6-13(10)18(2)16-12/h3-7,9H,8H2,1-2H3. The van der Waals surface area contributed by atoms with E-state index in [-0.39, 0.29) is 4.83 Å². The highest BCUT2D eigenvalue weighted by molar-refractivity contribution is 9.09. The predicted molar refractivity (Wildman–Crippen MR) is 77.2 cm³/mol. The maximum absolute atomic E-state index is 4.56. The number of fused-ring (bicyclic) bond motifs is 1. The summed E-state index contributed by atoms with van der Waals surface area (Å²) in [4.78, 5) is 0.210. The van der Waals surface area contributed by atoms with E-state index in [4.69, 9.17) is 0 Å². The van der Waals surface area contributed by atoms with Crippen LogP contribution in [0.15, 0.2) is 30.5 Å². The van der Waals surface area contributed by atoms with Crippen LogP contribution in [0.2, 0.25) is 0 Å². The van der Waals surface area contributed by atoms with Crippen molar-refractivity contribution in [1.82, 2.24) is 24.8 Å². The maximum atomic E-state index is 4.56. The van der Waals surface area contributed by atoms with Gasteiger partial charge in [-0.1, -0.05) is 39.3 Å². The smallest absolute Gasteiger partial charge is 0.0960 e. The molecule has 0 aliphatic rings. The highest BCUT2D eigenvalue weighted by atomic mass is 79.9. The highest BCUT2D eigenvalue weighted by Crippen LogP contribution is 2.20. The van der Waals surface area contributed by atoms with Gasteiger partial charge in [-0.3, -0.25) is 4.68 Å². The van der Waals surface area contributed by atoms with E-state index in [0.717, 1.165) is 22.3 Å². The third kappa shape index (κ3) is 2.28. The monoisotopic (exact) mass is 319 g/mol. The first-order valence-corrected chi connectivity index (χ1v) is 7.01. The first-order chi connectivity index (χ1) is 9.15. The minimum atomic E-state index is 0.210. The average Bonchev–Trinajstić information content (AvgIpc) is 2.97. The van der Waals surface area contributed by atoms with Crippen LogP contribution in [0.1, 0.15) is 23.1 Å². The van der Waals surface area contributed by atoms with Gasteiger partial charge < -0.3 is 0 Å². The van der Waals surface area contributed by atoms with Crippen molar-refractivity contribution in [1.29, 1.82) is 0 Å². The van der Waals surface area contributed by atoms with Gasteiger partial charge in [-0.05, 0) is 13.0 Å². The van der Waals surface area contributed by atoms with Crippen molar-refractivity contribution < 1.29 is 0 Å². The van der Waals surface area contributed by atoms with Crippen molar-refractivity contribution in [2.24, 2.45) is 7.05 Å². The molecule has 19 heavy (non-hydrogen) atoms. The summed E-state index contributed by atoms with van der Waals surface area (Å²) in [5, 5.41) is 14.0. The Morgan fingerprint density at radius 2 is 2.11 bits per heavy atom. The fourth-order valence-corrected chi connectivity index (χ4v) is 2.34. The summed E-state index contributed by atoms with van der Waals surface area (Å²) in [6, 6.07) is 8.20. The SMILES string of the molecule is CC(Br)c1cn(Cc2nn(C)c3ccccc23)nn1. The Bertz CT molecular complexity index is 713. The predicted octanol–water partition coefficient (Wildman–Crippen LogP) is 2.67. The molecule has 98 valence electrons. The number of aryl methyl sites for hydroxylation is 1. The molecule has 0 aliphatic carbocycles. The number of para-hydroxylation sites is 1. The number of benzene rings is 1. The van der Waals surface area contributed by atoms with Gasteiger partial charge >= 0.3 is 0 Å². The van der Waals surface area contributed by atoms with Crippen molar-refractivity contribution in [3.63, 3.8) is 0 Å². The minimum Gasteiger partial charge on any atom is -0.268 e. The normalized spacial score (nSPS) is 13.0. The molecule has 0 N–H and O–H groups in total. The van der Waals surface area contributed by atoms with E-state index in [9.17, 15) is 0 Å². The van der Waals surface area contributed by atoms with E-state index < -0.39 is 0 Å². The molecule has 1 atom stereocenters. The van der Waals surface area contributed by atoms with Crippen LogP contribution in [-0.4, -0.2) is 24.8 Å². The van der Waals surface area contributed by atoms with Crippen LogP contribution in [0.5, 0.6) is 0 Å². The molecule has 2 aromatic heterocycles. The zero-order chi connectivity index (χ0) is 13.4. The summed E-state index contributed by atoms with van der Waals surface area (Å²) in [7, 11) is 1.96. The van der Waals surface area contributed by atoms with E-state index in [1.807, 2.05) is 41.7 Å². The van der Waals surface area contributed by atoms with Crippen LogP contribution in [0.4, 0.5) is 0 Å². The summed E-state index contributed by atoms with van der Waals surface area (Å²) < 4.78 is 3.72. The summed E-state index contributed by atoms with van der Waals surface area (Å²) in [6.45, 7) is 2.67. The largest absolute Gasteiger partial charge is 0.268 e. The molecule has 0 bridgehead atoms. The van der Waals surface area contributed by atoms with E-state index in [1.165, 1.54) is 0 Å². The number of aromatic nitrogens is 5. The zero-order valence-electron chi connectivity index (χ0n) is 10.8. The lowest BCUT2D eigenvalue weighted by molar-refractivity contribution is 0.627. The van der Waals surface area contributed by atoms with Crippen molar-refractivity contribution in [2.75, 3.05) is 0 Å². The second kappa shape index (κ2) is 4.77. The Morgan fingerprint density at radius 3 is 2.84 bits per heavy atom. The highest BCUT2D eigenvalue weighted by Gasteiger charge is 2.11. The fraction of sp³-hybridized carbons (Fsp3) is 0.308. The molecule has 1 unspecified atom stereocenters. The van der Waals surface area contributed by atoms with Crippen LogP contribution in [0.3, 0.4) is 0 Å². The van der Waals surface area contributed by atoms with E-state index in [0.29, 0.717) is 6.54 Å². The first-order valence-electron chi connectivity index (χ1n) is 6.10. The molecule has 6 heteroatoms. The third-order valence-corrected chi connectivity index (χ3v) is 3.58. The molecule has 0 saturated heterocycles. The molecule has 5 nitrogen and oxygen atoms in total. The topological polar surface area (TPSA) is 48.5 Å². The third-order valence-electron chi connectivity index (χ3n) is 3.11. The van der Waals surface area contributed by atoms with Gasteiger partial charge in [0.1, 0.15) is 0 Å². The summed E-state index contributed by atoms with van der Waals surface area (Å²) in [5.41, 5.74) is 3.07. The van der Waals surface area contributed by atoms with Gasteiger partial charge in [0.15, 0.2) is 0 Å². The van der Waals surface area contributed by atoms with E-state index in [2.05, 4.69) is 43.5 Å². The molecular weight excluding hydrogens is 306 g/mol. The Balaban J connectivity index is 1.96. The van der Waals surface area contributed by atoms with Gasteiger partial charge in [-0.15, -0.1) is 5.10 Å². The van der Waals surface area contributed by atoms with Crippen LogP contribution >= 0.6 is 15.9 Å². The lowest BCUT2D eigenvalue weighted by Gasteiger charge is -1.97. The summed E-state index contributed by atoms with van der Waals surface area (Å²) >= 11 is 3.49. The number of rotatable bonds is 3. The van der Waals surface area contributed by atoms with Crippen molar-refractivity contribution in [3.8, 4) is 0 Å². The van der Waals surface area contributed by atoms with Gasteiger partial charge in [-0.25, -0.2) is 4.68 Å². The van der Waals surface area contributed by atoms with Crippen LogP contribution < -0.4 is 0 Å². The average molecular weight is 320 g/mol. The number of hydrogen-bond acceptors (Lipinski definition) is 3. The molecule has 3 rings (SSSR count). The Hall–Kier alpha value is -1.69. The first kappa shape index (κ1) is 12.3. The molecule has 0 amide bonds. The number of hydrogen-bond donors (Lipinski definition) is 0. The second-order valence-corrected chi connectivity index (χ2v) is 5.92. The molecular formula is C13H14BrN5. The van der Waals surface area contributed by atoms with E-state index >= 15 is 0 Å². The molecule has 3 aromatic rings. The van der Waals surface area contributed by atoms with Crippen molar-refractivity contribution in [2.45, 2.75) is 18.3 Å². The molecule has 0 fully saturated rings. The molecule has 0 saturated carbocycles. The minimum absolute atomic E-state index is 0.210. The van der Waals surface area contributed by atoms with Crippen LogP contribution in [0.25, 0.3) is 10.9 Å².